The smallest absolute Gasteiger partial charge is 0.178 e. The molecule has 0 aliphatic carbocycles. The van der Waals surface area contributed by atoms with Crippen LogP contribution in [-0.4, -0.2) is 21.6 Å². The lowest BCUT2D eigenvalue weighted by Crippen LogP contribution is -2.06. The fourth-order valence-corrected chi connectivity index (χ4v) is 2.93. The first-order valence-electron chi connectivity index (χ1n) is 9.97. The average Bonchev–Trinajstić information content (AvgIpc) is 2.74. The molecule has 0 aliphatic rings. The van der Waals surface area contributed by atoms with Crippen LogP contribution in [0.25, 0.3) is 11.5 Å². The fourth-order valence-electron chi connectivity index (χ4n) is 2.93. The summed E-state index contributed by atoms with van der Waals surface area (Å²) in [5.41, 5.74) is 3.08. The van der Waals surface area contributed by atoms with E-state index in [-0.39, 0.29) is 0 Å². The average molecular weight is 377 g/mol. The van der Waals surface area contributed by atoms with Crippen LogP contribution in [0, 0.1) is 6.92 Å². The molecule has 28 heavy (non-hydrogen) atoms. The van der Waals surface area contributed by atoms with E-state index in [1.54, 1.807) is 18.5 Å². The van der Waals surface area contributed by atoms with Crippen molar-refractivity contribution in [1.82, 2.24) is 15.0 Å². The van der Waals surface area contributed by atoms with E-state index in [1.807, 2.05) is 18.2 Å². The number of benzene rings is 1. The van der Waals surface area contributed by atoms with Crippen LogP contribution in [0.15, 0.2) is 54.9 Å². The van der Waals surface area contributed by atoms with E-state index >= 15 is 0 Å². The zero-order valence-corrected chi connectivity index (χ0v) is 16.7. The van der Waals surface area contributed by atoms with Crippen LogP contribution in [0.4, 0.5) is 5.82 Å². The Labute approximate surface area is 167 Å². The van der Waals surface area contributed by atoms with Gasteiger partial charge in [-0.15, -0.1) is 0 Å². The van der Waals surface area contributed by atoms with E-state index in [1.165, 1.54) is 24.8 Å². The summed E-state index contributed by atoms with van der Waals surface area (Å²) in [6.45, 7) is 5.72. The van der Waals surface area contributed by atoms with E-state index < -0.39 is 0 Å². The van der Waals surface area contributed by atoms with Crippen molar-refractivity contribution in [2.75, 3.05) is 11.9 Å². The van der Waals surface area contributed by atoms with E-state index in [0.29, 0.717) is 12.4 Å². The van der Waals surface area contributed by atoms with Gasteiger partial charge < -0.3 is 10.1 Å². The molecule has 3 aromatic rings. The summed E-state index contributed by atoms with van der Waals surface area (Å²) in [6, 6.07) is 14.0. The number of hydrogen-bond donors (Lipinski definition) is 1. The minimum atomic E-state index is 0.623. The summed E-state index contributed by atoms with van der Waals surface area (Å²) in [6.07, 6.45) is 8.25. The fraction of sp³-hybridized carbons (Fsp3) is 0.348. The summed E-state index contributed by atoms with van der Waals surface area (Å²) in [5.74, 6) is 2.36. The highest BCUT2D eigenvalue weighted by molar-refractivity contribution is 5.53. The Morgan fingerprint density at radius 2 is 1.82 bits per heavy atom. The molecule has 0 amide bonds. The Morgan fingerprint density at radius 3 is 2.64 bits per heavy atom. The Morgan fingerprint density at radius 1 is 0.964 bits per heavy atom. The topological polar surface area (TPSA) is 59.9 Å². The maximum atomic E-state index is 6.07. The van der Waals surface area contributed by atoms with E-state index in [4.69, 9.17) is 4.74 Å². The third-order valence-corrected chi connectivity index (χ3v) is 4.48. The lowest BCUT2D eigenvalue weighted by atomic mass is 10.1. The highest BCUT2D eigenvalue weighted by atomic mass is 16.5. The highest BCUT2D eigenvalue weighted by Crippen LogP contribution is 2.22. The molecule has 0 spiro atoms. The molecule has 0 saturated carbocycles. The predicted molar refractivity (Wildman–Crippen MR) is 113 cm³/mol. The van der Waals surface area contributed by atoms with E-state index in [9.17, 15) is 0 Å². The zero-order chi connectivity index (χ0) is 19.6. The van der Waals surface area contributed by atoms with E-state index in [2.05, 4.69) is 52.3 Å². The highest BCUT2D eigenvalue weighted by Gasteiger charge is 2.07. The number of nitrogens with one attached hydrogen (secondary N) is 1. The van der Waals surface area contributed by atoms with Crippen molar-refractivity contribution in [2.45, 2.75) is 46.1 Å². The van der Waals surface area contributed by atoms with Gasteiger partial charge in [-0.25, -0.2) is 15.0 Å². The Kier molecular flexibility index (Phi) is 7.36. The molecule has 0 fully saturated rings. The van der Waals surface area contributed by atoms with Gasteiger partial charge >= 0.3 is 0 Å². The Balaban J connectivity index is 1.64. The first-order chi connectivity index (χ1) is 13.8. The first kappa shape index (κ1) is 19.8. The number of nitrogens with zero attached hydrogens (tertiary/aromatic N) is 3. The first-order valence-corrected chi connectivity index (χ1v) is 9.97. The Hall–Kier alpha value is -2.95. The van der Waals surface area contributed by atoms with E-state index in [0.717, 1.165) is 35.9 Å². The van der Waals surface area contributed by atoms with Gasteiger partial charge in [0, 0.05) is 24.5 Å². The number of aryl methyl sites for hydroxylation is 1. The number of pyridine rings is 1. The monoisotopic (exact) mass is 376 g/mol. The minimum absolute atomic E-state index is 0.623. The van der Waals surface area contributed by atoms with Crippen molar-refractivity contribution in [1.29, 1.82) is 0 Å². The van der Waals surface area contributed by atoms with Crippen molar-refractivity contribution in [3.63, 3.8) is 0 Å². The second-order valence-corrected chi connectivity index (χ2v) is 6.85. The van der Waals surface area contributed by atoms with Crippen LogP contribution in [0.3, 0.4) is 0 Å². The van der Waals surface area contributed by atoms with Gasteiger partial charge in [0.1, 0.15) is 17.3 Å². The summed E-state index contributed by atoms with van der Waals surface area (Å²) in [4.78, 5) is 13.2. The molecule has 0 saturated heterocycles. The minimum Gasteiger partial charge on any atom is -0.493 e. The van der Waals surface area contributed by atoms with Gasteiger partial charge in [0.15, 0.2) is 5.82 Å². The van der Waals surface area contributed by atoms with Crippen molar-refractivity contribution >= 4 is 5.82 Å². The second kappa shape index (κ2) is 10.4. The predicted octanol–water partition coefficient (Wildman–Crippen LogP) is 5.42. The van der Waals surface area contributed by atoms with Gasteiger partial charge in [-0.1, -0.05) is 44.4 Å². The molecule has 5 nitrogen and oxygen atoms in total. The van der Waals surface area contributed by atoms with Crippen LogP contribution in [0.2, 0.25) is 0 Å². The van der Waals surface area contributed by atoms with Crippen LogP contribution < -0.4 is 10.1 Å². The standard InChI is InChI=1S/C23H28N4O/c1-3-4-5-6-15-28-21-16-18(2)11-12-19(21)17-26-22-10-7-9-20(27-22)23-24-13-8-14-25-23/h7-14,16H,3-6,15,17H2,1-2H3,(H,26,27). The van der Waals surface area contributed by atoms with Crippen molar-refractivity contribution < 1.29 is 4.74 Å². The number of ether oxygens (including phenoxy) is 1. The van der Waals surface area contributed by atoms with Gasteiger partial charge in [0.25, 0.3) is 0 Å². The maximum Gasteiger partial charge on any atom is 0.178 e. The third-order valence-electron chi connectivity index (χ3n) is 4.48. The maximum absolute atomic E-state index is 6.07. The Bertz CT molecular complexity index is 867. The van der Waals surface area contributed by atoms with Gasteiger partial charge in [-0.3, -0.25) is 0 Å². The van der Waals surface area contributed by atoms with Crippen molar-refractivity contribution in [3.8, 4) is 17.3 Å². The molecule has 146 valence electrons. The molecular formula is C23H28N4O. The number of anilines is 1. The van der Waals surface area contributed by atoms with Crippen LogP contribution in [0.1, 0.15) is 43.7 Å². The van der Waals surface area contributed by atoms with Crippen molar-refractivity contribution in [2.24, 2.45) is 0 Å². The number of aromatic nitrogens is 3. The quantitative estimate of drug-likeness (QED) is 0.479. The third kappa shape index (κ3) is 5.78. The van der Waals surface area contributed by atoms with Crippen molar-refractivity contribution in [3.05, 3.63) is 66.0 Å². The molecule has 3 rings (SSSR count). The summed E-state index contributed by atoms with van der Waals surface area (Å²) >= 11 is 0. The normalized spacial score (nSPS) is 10.6. The van der Waals surface area contributed by atoms with Gasteiger partial charge in [-0.05, 0) is 43.2 Å². The molecule has 1 N–H and O–H groups in total. The zero-order valence-electron chi connectivity index (χ0n) is 16.7. The molecule has 0 aliphatic heterocycles. The van der Waals surface area contributed by atoms with Gasteiger partial charge in [0.05, 0.1) is 6.61 Å². The molecule has 0 bridgehead atoms. The SMILES string of the molecule is CCCCCCOc1cc(C)ccc1CNc1cccc(-c2ncccn2)n1. The molecule has 5 heteroatoms. The largest absolute Gasteiger partial charge is 0.493 e. The lowest BCUT2D eigenvalue weighted by molar-refractivity contribution is 0.302. The molecule has 0 atom stereocenters. The molecular weight excluding hydrogens is 348 g/mol. The number of hydrogen-bond acceptors (Lipinski definition) is 5. The molecule has 2 heterocycles. The molecule has 2 aromatic heterocycles. The number of rotatable bonds is 10. The van der Waals surface area contributed by atoms with Crippen LogP contribution in [-0.2, 0) is 6.54 Å². The second-order valence-electron chi connectivity index (χ2n) is 6.85. The van der Waals surface area contributed by atoms with Crippen LogP contribution in [0.5, 0.6) is 5.75 Å². The van der Waals surface area contributed by atoms with Gasteiger partial charge in [0.2, 0.25) is 0 Å². The summed E-state index contributed by atoms with van der Waals surface area (Å²) in [5, 5.41) is 3.40. The number of unbranched alkanes of at least 4 members (excludes halogenated alkanes) is 3. The van der Waals surface area contributed by atoms with Crippen LogP contribution >= 0.6 is 0 Å². The molecule has 1 aromatic carbocycles. The van der Waals surface area contributed by atoms with Gasteiger partial charge in [-0.2, -0.15) is 0 Å². The lowest BCUT2D eigenvalue weighted by Gasteiger charge is -2.14. The molecule has 0 radical (unpaired) electrons. The molecule has 0 unspecified atom stereocenters. The summed E-state index contributed by atoms with van der Waals surface area (Å²) < 4.78 is 6.07. The summed E-state index contributed by atoms with van der Waals surface area (Å²) in [7, 11) is 0.